The third-order valence-corrected chi connectivity index (χ3v) is 3.09. The van der Waals surface area contributed by atoms with E-state index < -0.39 is 5.60 Å². The highest BCUT2D eigenvalue weighted by atomic mass is 16.6. The standard InChI is InChI=1S/C13H26N2O2/c1-5-15-8-6-11(7-9-15)10-14-12(16)17-13(2,3)4/h11H,5-10H2,1-4H3,(H,14,16). The van der Waals surface area contributed by atoms with E-state index in [1.807, 2.05) is 20.8 Å². The second kappa shape index (κ2) is 6.24. The van der Waals surface area contributed by atoms with Gasteiger partial charge in [0.1, 0.15) is 5.60 Å². The lowest BCUT2D eigenvalue weighted by Crippen LogP contribution is -2.40. The van der Waals surface area contributed by atoms with Crippen molar-refractivity contribution in [1.82, 2.24) is 10.2 Å². The van der Waals surface area contributed by atoms with Gasteiger partial charge in [0.05, 0.1) is 0 Å². The smallest absolute Gasteiger partial charge is 0.407 e. The van der Waals surface area contributed by atoms with Crippen molar-refractivity contribution in [3.63, 3.8) is 0 Å². The molecule has 1 N–H and O–H groups in total. The van der Waals surface area contributed by atoms with Gasteiger partial charge in [-0.1, -0.05) is 6.92 Å². The van der Waals surface area contributed by atoms with Crippen LogP contribution in [0.1, 0.15) is 40.5 Å². The van der Waals surface area contributed by atoms with Gasteiger partial charge in [-0.25, -0.2) is 4.79 Å². The van der Waals surface area contributed by atoms with E-state index in [9.17, 15) is 4.79 Å². The van der Waals surface area contributed by atoms with Gasteiger partial charge >= 0.3 is 6.09 Å². The van der Waals surface area contributed by atoms with Crippen LogP contribution in [0.15, 0.2) is 0 Å². The summed E-state index contributed by atoms with van der Waals surface area (Å²) < 4.78 is 5.21. The molecule has 0 spiro atoms. The summed E-state index contributed by atoms with van der Waals surface area (Å²) in [4.78, 5) is 13.9. The number of likely N-dealkylation sites (tertiary alicyclic amines) is 1. The van der Waals surface area contributed by atoms with Gasteiger partial charge in [0, 0.05) is 6.54 Å². The zero-order chi connectivity index (χ0) is 12.9. The van der Waals surface area contributed by atoms with Crippen LogP contribution >= 0.6 is 0 Å². The van der Waals surface area contributed by atoms with Crippen LogP contribution in [0.5, 0.6) is 0 Å². The molecular formula is C13H26N2O2. The quantitative estimate of drug-likeness (QED) is 0.825. The number of hydrogen-bond acceptors (Lipinski definition) is 3. The molecule has 0 radical (unpaired) electrons. The Balaban J connectivity index is 2.17. The zero-order valence-corrected chi connectivity index (χ0v) is 11.6. The molecule has 1 amide bonds. The Hall–Kier alpha value is -0.770. The van der Waals surface area contributed by atoms with Crippen LogP contribution < -0.4 is 5.32 Å². The summed E-state index contributed by atoms with van der Waals surface area (Å²) in [6.07, 6.45) is 2.04. The first-order valence-electron chi connectivity index (χ1n) is 6.60. The summed E-state index contributed by atoms with van der Waals surface area (Å²) in [6.45, 7) is 12.0. The van der Waals surface area contributed by atoms with Crippen LogP contribution in [-0.4, -0.2) is 42.8 Å². The molecule has 17 heavy (non-hydrogen) atoms. The molecule has 0 atom stereocenters. The molecular weight excluding hydrogens is 216 g/mol. The first-order chi connectivity index (χ1) is 7.90. The van der Waals surface area contributed by atoms with Crippen molar-refractivity contribution in [2.45, 2.75) is 46.1 Å². The summed E-state index contributed by atoms with van der Waals surface area (Å²) in [5.74, 6) is 0.602. The lowest BCUT2D eigenvalue weighted by atomic mass is 9.97. The molecule has 100 valence electrons. The molecule has 0 unspecified atom stereocenters. The van der Waals surface area contributed by atoms with E-state index in [1.165, 1.54) is 12.8 Å². The monoisotopic (exact) mass is 242 g/mol. The second-order valence-electron chi connectivity index (χ2n) is 5.76. The Morgan fingerprint density at radius 2 is 1.94 bits per heavy atom. The highest BCUT2D eigenvalue weighted by Gasteiger charge is 2.20. The molecule has 1 aliphatic heterocycles. The molecule has 0 bridgehead atoms. The Bertz CT molecular complexity index is 240. The predicted octanol–water partition coefficient (Wildman–Crippen LogP) is 2.24. The average molecular weight is 242 g/mol. The van der Waals surface area contributed by atoms with E-state index in [1.54, 1.807) is 0 Å². The molecule has 0 aromatic heterocycles. The van der Waals surface area contributed by atoms with Crippen molar-refractivity contribution in [2.24, 2.45) is 5.92 Å². The van der Waals surface area contributed by atoms with Gasteiger partial charge in [0.15, 0.2) is 0 Å². The number of ether oxygens (including phenoxy) is 1. The SMILES string of the molecule is CCN1CCC(CNC(=O)OC(C)(C)C)CC1. The average Bonchev–Trinajstić information content (AvgIpc) is 2.25. The number of carbonyl (C=O) groups is 1. The van der Waals surface area contributed by atoms with Crippen LogP contribution in [-0.2, 0) is 4.74 Å². The zero-order valence-electron chi connectivity index (χ0n) is 11.6. The molecule has 1 aliphatic rings. The van der Waals surface area contributed by atoms with E-state index >= 15 is 0 Å². The molecule has 1 heterocycles. The molecule has 0 aliphatic carbocycles. The Morgan fingerprint density at radius 3 is 2.41 bits per heavy atom. The fourth-order valence-electron chi connectivity index (χ4n) is 2.05. The topological polar surface area (TPSA) is 41.6 Å². The molecule has 4 heteroatoms. The molecule has 0 aromatic rings. The molecule has 0 saturated carbocycles. The minimum atomic E-state index is -0.407. The van der Waals surface area contributed by atoms with Gasteiger partial charge in [-0.3, -0.25) is 0 Å². The lowest BCUT2D eigenvalue weighted by Gasteiger charge is -2.31. The number of rotatable bonds is 3. The third kappa shape index (κ3) is 5.91. The van der Waals surface area contributed by atoms with Gasteiger partial charge < -0.3 is 15.0 Å². The van der Waals surface area contributed by atoms with Crippen molar-refractivity contribution in [3.8, 4) is 0 Å². The van der Waals surface area contributed by atoms with Gasteiger partial charge in [-0.05, 0) is 59.2 Å². The number of amides is 1. The Kier molecular flexibility index (Phi) is 5.25. The normalized spacial score (nSPS) is 19.1. The fraction of sp³-hybridized carbons (Fsp3) is 0.923. The molecule has 1 fully saturated rings. The minimum Gasteiger partial charge on any atom is -0.444 e. The van der Waals surface area contributed by atoms with Crippen molar-refractivity contribution in [3.05, 3.63) is 0 Å². The summed E-state index contributed by atoms with van der Waals surface area (Å²) in [6, 6.07) is 0. The number of carbonyl (C=O) groups excluding carboxylic acids is 1. The minimum absolute atomic E-state index is 0.296. The second-order valence-corrected chi connectivity index (χ2v) is 5.76. The maximum Gasteiger partial charge on any atom is 0.407 e. The van der Waals surface area contributed by atoms with E-state index in [4.69, 9.17) is 4.74 Å². The Labute approximate surface area is 105 Å². The maximum atomic E-state index is 11.5. The van der Waals surface area contributed by atoms with Crippen molar-refractivity contribution < 1.29 is 9.53 Å². The molecule has 0 aromatic carbocycles. The van der Waals surface area contributed by atoms with E-state index in [2.05, 4.69) is 17.1 Å². The van der Waals surface area contributed by atoms with Crippen LogP contribution in [0.2, 0.25) is 0 Å². The number of hydrogen-bond donors (Lipinski definition) is 1. The van der Waals surface area contributed by atoms with Gasteiger partial charge in [-0.2, -0.15) is 0 Å². The van der Waals surface area contributed by atoms with Crippen molar-refractivity contribution in [1.29, 1.82) is 0 Å². The summed E-state index contributed by atoms with van der Waals surface area (Å²) in [5.41, 5.74) is -0.407. The predicted molar refractivity (Wildman–Crippen MR) is 69.1 cm³/mol. The summed E-state index contributed by atoms with van der Waals surface area (Å²) >= 11 is 0. The van der Waals surface area contributed by atoms with Gasteiger partial charge in [-0.15, -0.1) is 0 Å². The van der Waals surface area contributed by atoms with Crippen molar-refractivity contribution in [2.75, 3.05) is 26.2 Å². The number of nitrogens with one attached hydrogen (secondary N) is 1. The third-order valence-electron chi connectivity index (χ3n) is 3.09. The maximum absolute atomic E-state index is 11.5. The van der Waals surface area contributed by atoms with Crippen molar-refractivity contribution >= 4 is 6.09 Å². The van der Waals surface area contributed by atoms with E-state index in [-0.39, 0.29) is 6.09 Å². The molecule has 4 nitrogen and oxygen atoms in total. The van der Waals surface area contributed by atoms with Crippen LogP contribution in [0, 0.1) is 5.92 Å². The number of alkyl carbamates (subject to hydrolysis) is 1. The van der Waals surface area contributed by atoms with Crippen LogP contribution in [0.3, 0.4) is 0 Å². The first kappa shape index (κ1) is 14.3. The number of piperidine rings is 1. The van der Waals surface area contributed by atoms with Gasteiger partial charge in [0.25, 0.3) is 0 Å². The van der Waals surface area contributed by atoms with E-state index in [0.29, 0.717) is 5.92 Å². The Morgan fingerprint density at radius 1 is 1.35 bits per heavy atom. The summed E-state index contributed by atoms with van der Waals surface area (Å²) in [7, 11) is 0. The molecule has 1 saturated heterocycles. The highest BCUT2D eigenvalue weighted by molar-refractivity contribution is 5.67. The molecule has 1 rings (SSSR count). The first-order valence-corrected chi connectivity index (χ1v) is 6.60. The van der Waals surface area contributed by atoms with Gasteiger partial charge in [0.2, 0.25) is 0 Å². The fourth-order valence-corrected chi connectivity index (χ4v) is 2.05. The summed E-state index contributed by atoms with van der Waals surface area (Å²) in [5, 5.41) is 2.86. The number of nitrogens with zero attached hydrogens (tertiary/aromatic N) is 1. The highest BCUT2D eigenvalue weighted by Crippen LogP contribution is 2.16. The van der Waals surface area contributed by atoms with E-state index in [0.717, 1.165) is 26.2 Å². The van der Waals surface area contributed by atoms with Crippen LogP contribution in [0.25, 0.3) is 0 Å². The van der Waals surface area contributed by atoms with Crippen LogP contribution in [0.4, 0.5) is 4.79 Å². The lowest BCUT2D eigenvalue weighted by molar-refractivity contribution is 0.0510. The largest absolute Gasteiger partial charge is 0.444 e.